The number of allylic oxidation sites excluding steroid dienone is 1. The van der Waals surface area contributed by atoms with Gasteiger partial charge in [-0.05, 0) is 6.92 Å². The zero-order chi connectivity index (χ0) is 22.9. The lowest BCUT2D eigenvalue weighted by Gasteiger charge is -2.51. The Labute approximate surface area is 186 Å². The Morgan fingerprint density at radius 2 is 1.74 bits per heavy atom. The second-order valence-electron chi connectivity index (χ2n) is 8.61. The molecule has 2 heterocycles. The van der Waals surface area contributed by atoms with Crippen LogP contribution in [-0.4, -0.2) is 52.4 Å². The molecule has 0 spiro atoms. The van der Waals surface area contributed by atoms with Crippen LogP contribution in [0.5, 0.6) is 0 Å². The summed E-state index contributed by atoms with van der Waals surface area (Å²) in [7, 11) is 1.44. The van der Waals surface area contributed by atoms with E-state index in [4.69, 9.17) is 9.47 Å². The van der Waals surface area contributed by atoms with Crippen LogP contribution in [0.3, 0.4) is 0 Å². The molecule has 1 saturated heterocycles. The van der Waals surface area contributed by atoms with Crippen LogP contribution >= 0.6 is 11.8 Å². The van der Waals surface area contributed by atoms with Crippen LogP contribution in [0.1, 0.15) is 50.9 Å². The summed E-state index contributed by atoms with van der Waals surface area (Å²) >= 11 is 1.26. The van der Waals surface area contributed by atoms with Gasteiger partial charge < -0.3 is 9.47 Å². The third-order valence-electron chi connectivity index (χ3n) is 5.27. The predicted octanol–water partition coefficient (Wildman–Crippen LogP) is 3.34. The van der Waals surface area contributed by atoms with Crippen LogP contribution in [0.4, 0.5) is 0 Å². The molecule has 166 valence electrons. The fourth-order valence-corrected chi connectivity index (χ4v) is 4.91. The van der Waals surface area contributed by atoms with Crippen molar-refractivity contribution in [1.29, 1.82) is 0 Å². The average Bonchev–Trinajstić information content (AvgIpc) is 2.73. The van der Waals surface area contributed by atoms with Crippen LogP contribution in [0.2, 0.25) is 0 Å². The smallest absolute Gasteiger partial charge is 0.307 e. The molecule has 7 nitrogen and oxygen atoms in total. The lowest BCUT2D eigenvalue weighted by Crippen LogP contribution is -2.66. The van der Waals surface area contributed by atoms with Gasteiger partial charge in [-0.15, -0.1) is 0 Å². The molecule has 0 bridgehead atoms. The number of β-lactam (4-membered cyclic amide) rings is 1. The van der Waals surface area contributed by atoms with E-state index in [1.165, 1.54) is 23.8 Å². The summed E-state index contributed by atoms with van der Waals surface area (Å²) in [5.41, 5.74) is -0.103. The summed E-state index contributed by atoms with van der Waals surface area (Å²) in [6.07, 6.45) is -0.727. The van der Waals surface area contributed by atoms with Crippen LogP contribution in [0, 0.1) is 5.41 Å². The number of nitrogens with zero attached hydrogens (tertiary/aromatic N) is 1. The lowest BCUT2D eigenvalue weighted by molar-refractivity contribution is -0.161. The van der Waals surface area contributed by atoms with Gasteiger partial charge in [0.05, 0.1) is 12.1 Å². The van der Waals surface area contributed by atoms with Crippen molar-refractivity contribution in [3.63, 3.8) is 0 Å². The fraction of sp³-hybridized carbons (Fsp3) is 0.478. The van der Waals surface area contributed by atoms with E-state index in [2.05, 4.69) is 0 Å². The average molecular weight is 446 g/mol. The minimum Gasteiger partial charge on any atom is -0.446 e. The first kappa shape index (κ1) is 23.2. The van der Waals surface area contributed by atoms with E-state index in [1.54, 1.807) is 52.0 Å². The van der Waals surface area contributed by atoms with Gasteiger partial charge in [-0.2, -0.15) is 0 Å². The van der Waals surface area contributed by atoms with Gasteiger partial charge in [-0.3, -0.25) is 24.1 Å². The SMILES string of the molecule is CO[C@H]1C(=O)N2C(C(=O)C(C)(C)C)=C(C)C(OC(=O)CCC(=O)c3ccccc3)S[C@H]12. The van der Waals surface area contributed by atoms with Gasteiger partial charge in [0.1, 0.15) is 5.37 Å². The standard InChI is InChI=1S/C23H27NO6S/c1-13-17(19(27)23(2,3)4)24-20(28)18(29-5)21(24)31-22(13)30-16(26)12-11-15(25)14-9-7-6-8-10-14/h6-10,18,21-22H,11-12H2,1-5H3/t18-,21+,22?/m0/s1. The summed E-state index contributed by atoms with van der Waals surface area (Å²) in [5.74, 6) is -1.14. The molecule has 3 rings (SSSR count). The van der Waals surface area contributed by atoms with Gasteiger partial charge in [0.2, 0.25) is 0 Å². The number of amides is 1. The third kappa shape index (κ3) is 4.60. The summed E-state index contributed by atoms with van der Waals surface area (Å²) in [6, 6.07) is 8.76. The van der Waals surface area contributed by atoms with Crippen molar-refractivity contribution in [2.24, 2.45) is 5.41 Å². The zero-order valence-corrected chi connectivity index (χ0v) is 19.2. The number of ketones is 2. The molecule has 1 aromatic carbocycles. The number of hydrogen-bond donors (Lipinski definition) is 0. The molecule has 1 unspecified atom stereocenters. The Kier molecular flexibility index (Phi) is 6.71. The van der Waals surface area contributed by atoms with Crippen molar-refractivity contribution in [3.05, 3.63) is 47.2 Å². The molecule has 2 aliphatic rings. The molecule has 8 heteroatoms. The monoisotopic (exact) mass is 445 g/mol. The van der Waals surface area contributed by atoms with Gasteiger partial charge in [-0.1, -0.05) is 62.9 Å². The Morgan fingerprint density at radius 1 is 1.10 bits per heavy atom. The maximum absolute atomic E-state index is 13.1. The molecule has 3 atom stereocenters. The van der Waals surface area contributed by atoms with Gasteiger partial charge in [0, 0.05) is 30.1 Å². The van der Waals surface area contributed by atoms with E-state index in [0.717, 1.165) is 0 Å². The first-order valence-corrected chi connectivity index (χ1v) is 11.0. The number of esters is 1. The van der Waals surface area contributed by atoms with Crippen molar-refractivity contribution in [1.82, 2.24) is 4.90 Å². The zero-order valence-electron chi connectivity index (χ0n) is 18.3. The van der Waals surface area contributed by atoms with Crippen LogP contribution in [-0.2, 0) is 23.9 Å². The van der Waals surface area contributed by atoms with Crippen LogP contribution < -0.4 is 0 Å². The highest BCUT2D eigenvalue weighted by Gasteiger charge is 2.56. The normalized spacial score (nSPS) is 23.2. The summed E-state index contributed by atoms with van der Waals surface area (Å²) in [6.45, 7) is 7.03. The molecule has 0 radical (unpaired) electrons. The lowest BCUT2D eigenvalue weighted by atomic mass is 9.85. The Hall–Kier alpha value is -2.45. The van der Waals surface area contributed by atoms with E-state index in [9.17, 15) is 19.2 Å². The number of fused-ring (bicyclic) bond motifs is 1. The van der Waals surface area contributed by atoms with E-state index >= 15 is 0 Å². The molecule has 1 aromatic rings. The van der Waals surface area contributed by atoms with E-state index in [0.29, 0.717) is 11.1 Å². The number of Topliss-reactive ketones (excluding diaryl/α,β-unsaturated/α-hetero) is 2. The Balaban J connectivity index is 1.75. The molecule has 2 aliphatic heterocycles. The van der Waals surface area contributed by atoms with Crippen molar-refractivity contribution in [2.75, 3.05) is 7.11 Å². The number of ether oxygens (including phenoxy) is 2. The van der Waals surface area contributed by atoms with E-state index < -0.39 is 28.3 Å². The minimum absolute atomic E-state index is 0.0332. The quantitative estimate of drug-likeness (QED) is 0.361. The van der Waals surface area contributed by atoms with Crippen molar-refractivity contribution in [2.45, 2.75) is 57.5 Å². The Bertz CT molecular complexity index is 933. The van der Waals surface area contributed by atoms with Gasteiger partial charge in [0.25, 0.3) is 5.91 Å². The first-order chi connectivity index (χ1) is 14.6. The number of rotatable bonds is 7. The molecule has 1 amide bonds. The molecular weight excluding hydrogens is 418 g/mol. The molecule has 31 heavy (non-hydrogen) atoms. The number of methoxy groups -OCH3 is 1. The summed E-state index contributed by atoms with van der Waals surface area (Å²) in [5, 5.41) is -0.439. The number of hydrogen-bond acceptors (Lipinski definition) is 7. The molecule has 0 saturated carbocycles. The number of thioether (sulfide) groups is 1. The van der Waals surface area contributed by atoms with Crippen LogP contribution in [0.15, 0.2) is 41.6 Å². The topological polar surface area (TPSA) is 90.0 Å². The highest BCUT2D eigenvalue weighted by atomic mass is 32.2. The minimum atomic E-state index is -0.729. The largest absolute Gasteiger partial charge is 0.446 e. The maximum Gasteiger partial charge on any atom is 0.307 e. The number of benzene rings is 1. The number of carbonyl (C=O) groups excluding carboxylic acids is 4. The van der Waals surface area contributed by atoms with E-state index in [1.807, 2.05) is 6.07 Å². The highest BCUT2D eigenvalue weighted by molar-refractivity contribution is 8.00. The van der Waals surface area contributed by atoms with Crippen molar-refractivity contribution >= 4 is 35.2 Å². The molecule has 1 fully saturated rings. The maximum atomic E-state index is 13.1. The third-order valence-corrected chi connectivity index (χ3v) is 6.70. The van der Waals surface area contributed by atoms with Gasteiger partial charge in [0.15, 0.2) is 23.1 Å². The Morgan fingerprint density at radius 3 is 2.32 bits per heavy atom. The molecule has 0 N–H and O–H groups in total. The molecular formula is C23H27NO6S. The van der Waals surface area contributed by atoms with Gasteiger partial charge >= 0.3 is 5.97 Å². The van der Waals surface area contributed by atoms with Gasteiger partial charge in [-0.25, -0.2) is 0 Å². The second kappa shape index (κ2) is 8.96. The first-order valence-electron chi connectivity index (χ1n) is 10.1. The van der Waals surface area contributed by atoms with Crippen LogP contribution in [0.25, 0.3) is 0 Å². The summed E-state index contributed by atoms with van der Waals surface area (Å²) in [4.78, 5) is 51.8. The predicted molar refractivity (Wildman–Crippen MR) is 116 cm³/mol. The second-order valence-corrected chi connectivity index (χ2v) is 9.80. The fourth-order valence-electron chi connectivity index (χ4n) is 3.48. The van der Waals surface area contributed by atoms with Crippen molar-refractivity contribution in [3.8, 4) is 0 Å². The van der Waals surface area contributed by atoms with Crippen molar-refractivity contribution < 1.29 is 28.7 Å². The molecule has 0 aliphatic carbocycles. The van der Waals surface area contributed by atoms with E-state index in [-0.39, 0.29) is 36.0 Å². The molecule has 0 aromatic heterocycles. The number of carbonyl (C=O) groups is 4. The summed E-state index contributed by atoms with van der Waals surface area (Å²) < 4.78 is 10.9. The highest BCUT2D eigenvalue weighted by Crippen LogP contribution is 2.47.